The SMILES string of the molecule is CCOC(=O)c1c(-c2ccccc2)cc(C2CCCCC2)oc1=O. The van der Waals surface area contributed by atoms with Gasteiger partial charge in [-0.15, -0.1) is 0 Å². The molecular weight excluding hydrogens is 304 g/mol. The lowest BCUT2D eigenvalue weighted by atomic mass is 9.86. The van der Waals surface area contributed by atoms with Crippen LogP contribution in [0.4, 0.5) is 0 Å². The van der Waals surface area contributed by atoms with Crippen molar-refractivity contribution in [2.75, 3.05) is 6.61 Å². The molecule has 1 fully saturated rings. The zero-order valence-corrected chi connectivity index (χ0v) is 13.9. The molecule has 0 bridgehead atoms. The summed E-state index contributed by atoms with van der Waals surface area (Å²) in [6, 6.07) is 11.3. The molecule has 1 heterocycles. The van der Waals surface area contributed by atoms with Crippen molar-refractivity contribution in [3.8, 4) is 11.1 Å². The normalized spacial score (nSPS) is 15.2. The molecule has 1 aromatic carbocycles. The van der Waals surface area contributed by atoms with Crippen molar-refractivity contribution in [1.29, 1.82) is 0 Å². The quantitative estimate of drug-likeness (QED) is 0.775. The van der Waals surface area contributed by atoms with E-state index >= 15 is 0 Å². The fourth-order valence-corrected chi connectivity index (χ4v) is 3.34. The first-order chi connectivity index (χ1) is 11.7. The molecule has 0 saturated heterocycles. The van der Waals surface area contributed by atoms with Gasteiger partial charge in [-0.2, -0.15) is 0 Å². The highest BCUT2D eigenvalue weighted by atomic mass is 16.5. The van der Waals surface area contributed by atoms with Crippen molar-refractivity contribution in [3.05, 3.63) is 58.1 Å². The molecule has 1 aromatic heterocycles. The van der Waals surface area contributed by atoms with Gasteiger partial charge in [0.05, 0.1) is 6.61 Å². The van der Waals surface area contributed by atoms with E-state index in [9.17, 15) is 9.59 Å². The van der Waals surface area contributed by atoms with Gasteiger partial charge in [-0.3, -0.25) is 0 Å². The van der Waals surface area contributed by atoms with Crippen molar-refractivity contribution in [3.63, 3.8) is 0 Å². The average molecular weight is 326 g/mol. The molecule has 3 rings (SSSR count). The standard InChI is InChI=1S/C20H22O4/c1-2-23-19(21)18-16(14-9-5-3-6-10-14)13-17(24-20(18)22)15-11-7-4-8-12-15/h3,5-6,9-10,13,15H,2,4,7-8,11-12H2,1H3. The van der Waals surface area contributed by atoms with Crippen LogP contribution in [-0.4, -0.2) is 12.6 Å². The van der Waals surface area contributed by atoms with E-state index in [4.69, 9.17) is 9.15 Å². The summed E-state index contributed by atoms with van der Waals surface area (Å²) in [7, 11) is 0. The summed E-state index contributed by atoms with van der Waals surface area (Å²) >= 11 is 0. The lowest BCUT2D eigenvalue weighted by Crippen LogP contribution is -2.20. The zero-order chi connectivity index (χ0) is 16.9. The van der Waals surface area contributed by atoms with Crippen LogP contribution in [0, 0.1) is 0 Å². The molecule has 1 aliphatic rings. The Morgan fingerprint density at radius 2 is 1.88 bits per heavy atom. The number of ether oxygens (including phenoxy) is 1. The van der Waals surface area contributed by atoms with E-state index in [-0.39, 0.29) is 18.1 Å². The largest absolute Gasteiger partial charge is 0.462 e. The molecule has 2 aromatic rings. The lowest BCUT2D eigenvalue weighted by Gasteiger charge is -2.21. The molecule has 4 nitrogen and oxygen atoms in total. The van der Waals surface area contributed by atoms with Crippen LogP contribution in [0.15, 0.2) is 45.6 Å². The Morgan fingerprint density at radius 3 is 2.54 bits per heavy atom. The minimum Gasteiger partial charge on any atom is -0.462 e. The molecule has 0 aliphatic heterocycles. The highest BCUT2D eigenvalue weighted by Crippen LogP contribution is 2.34. The summed E-state index contributed by atoms with van der Waals surface area (Å²) in [5, 5.41) is 0. The van der Waals surface area contributed by atoms with E-state index in [0.717, 1.165) is 31.2 Å². The lowest BCUT2D eigenvalue weighted by molar-refractivity contribution is 0.0521. The van der Waals surface area contributed by atoms with E-state index in [2.05, 4.69) is 0 Å². The molecule has 0 unspecified atom stereocenters. The van der Waals surface area contributed by atoms with Crippen LogP contribution in [-0.2, 0) is 4.74 Å². The molecule has 1 saturated carbocycles. The van der Waals surface area contributed by atoms with Gasteiger partial charge < -0.3 is 9.15 Å². The highest BCUT2D eigenvalue weighted by molar-refractivity contribution is 5.96. The van der Waals surface area contributed by atoms with Gasteiger partial charge >= 0.3 is 11.6 Å². The predicted molar refractivity (Wildman–Crippen MR) is 92.2 cm³/mol. The Labute approximate surface area is 141 Å². The second-order valence-corrected chi connectivity index (χ2v) is 6.15. The Balaban J connectivity index is 2.12. The van der Waals surface area contributed by atoms with Crippen molar-refractivity contribution < 1.29 is 13.9 Å². The summed E-state index contributed by atoms with van der Waals surface area (Å²) in [5.41, 5.74) is 0.814. The number of esters is 1. The molecule has 0 N–H and O–H groups in total. The third-order valence-corrected chi connectivity index (χ3v) is 4.54. The van der Waals surface area contributed by atoms with Crippen molar-refractivity contribution in [2.24, 2.45) is 0 Å². The summed E-state index contributed by atoms with van der Waals surface area (Å²) in [6.07, 6.45) is 5.57. The fraction of sp³-hybridized carbons (Fsp3) is 0.400. The van der Waals surface area contributed by atoms with Gasteiger partial charge in [-0.1, -0.05) is 49.6 Å². The third-order valence-electron chi connectivity index (χ3n) is 4.54. The second kappa shape index (κ2) is 7.47. The summed E-state index contributed by atoms with van der Waals surface area (Å²) in [6.45, 7) is 1.94. The molecule has 1 aliphatic carbocycles. The first-order valence-electron chi connectivity index (χ1n) is 8.61. The van der Waals surface area contributed by atoms with E-state index in [0.29, 0.717) is 11.3 Å². The molecular formula is C20H22O4. The van der Waals surface area contributed by atoms with Crippen molar-refractivity contribution in [2.45, 2.75) is 44.9 Å². The fourth-order valence-electron chi connectivity index (χ4n) is 3.34. The summed E-state index contributed by atoms with van der Waals surface area (Å²) < 4.78 is 10.6. The minimum atomic E-state index is -0.625. The van der Waals surface area contributed by atoms with E-state index < -0.39 is 11.6 Å². The number of carbonyl (C=O) groups excluding carboxylic acids is 1. The van der Waals surface area contributed by atoms with Gasteiger partial charge in [0.25, 0.3) is 0 Å². The monoisotopic (exact) mass is 326 g/mol. The van der Waals surface area contributed by atoms with Gasteiger partial charge in [-0.05, 0) is 31.4 Å². The van der Waals surface area contributed by atoms with Gasteiger partial charge in [0.2, 0.25) is 0 Å². The minimum absolute atomic E-state index is 0.0115. The molecule has 126 valence electrons. The molecule has 4 heteroatoms. The Morgan fingerprint density at radius 1 is 1.17 bits per heavy atom. The van der Waals surface area contributed by atoms with Crippen molar-refractivity contribution >= 4 is 5.97 Å². The van der Waals surface area contributed by atoms with Crippen LogP contribution in [0.5, 0.6) is 0 Å². The predicted octanol–water partition coefficient (Wildman–Crippen LogP) is 4.53. The zero-order valence-electron chi connectivity index (χ0n) is 13.9. The van der Waals surface area contributed by atoms with Crippen LogP contribution in [0.3, 0.4) is 0 Å². The Bertz CT molecular complexity index is 755. The summed E-state index contributed by atoms with van der Waals surface area (Å²) in [5.74, 6) is 0.317. The van der Waals surface area contributed by atoms with Gasteiger partial charge in [0.15, 0.2) is 5.56 Å². The maximum Gasteiger partial charge on any atom is 0.351 e. The molecule has 0 amide bonds. The molecule has 24 heavy (non-hydrogen) atoms. The topological polar surface area (TPSA) is 56.5 Å². The maximum absolute atomic E-state index is 12.5. The van der Waals surface area contributed by atoms with Gasteiger partial charge in [-0.25, -0.2) is 9.59 Å². The van der Waals surface area contributed by atoms with Gasteiger partial charge in [0.1, 0.15) is 5.76 Å². The van der Waals surface area contributed by atoms with Crippen LogP contribution in [0.2, 0.25) is 0 Å². The van der Waals surface area contributed by atoms with Crippen molar-refractivity contribution in [1.82, 2.24) is 0 Å². The maximum atomic E-state index is 12.5. The molecule has 0 spiro atoms. The van der Waals surface area contributed by atoms with E-state index in [1.54, 1.807) is 6.92 Å². The number of hydrogen-bond donors (Lipinski definition) is 0. The number of rotatable bonds is 4. The van der Waals surface area contributed by atoms with E-state index in [1.165, 1.54) is 6.42 Å². The first-order valence-corrected chi connectivity index (χ1v) is 8.61. The highest BCUT2D eigenvalue weighted by Gasteiger charge is 2.25. The Hall–Kier alpha value is -2.36. The first kappa shape index (κ1) is 16.5. The smallest absolute Gasteiger partial charge is 0.351 e. The number of hydrogen-bond acceptors (Lipinski definition) is 4. The van der Waals surface area contributed by atoms with E-state index in [1.807, 2.05) is 36.4 Å². The number of benzene rings is 1. The average Bonchev–Trinajstić information content (AvgIpc) is 2.62. The second-order valence-electron chi connectivity index (χ2n) is 6.15. The van der Waals surface area contributed by atoms with Gasteiger partial charge in [0, 0.05) is 11.5 Å². The van der Waals surface area contributed by atoms with Crippen LogP contribution in [0.25, 0.3) is 11.1 Å². The van der Waals surface area contributed by atoms with Crippen LogP contribution >= 0.6 is 0 Å². The van der Waals surface area contributed by atoms with Crippen LogP contribution < -0.4 is 5.63 Å². The molecule has 0 atom stereocenters. The Kier molecular flexibility index (Phi) is 5.14. The third kappa shape index (κ3) is 3.42. The van der Waals surface area contributed by atoms with Crippen LogP contribution in [0.1, 0.15) is 61.1 Å². The number of carbonyl (C=O) groups is 1. The molecule has 0 radical (unpaired) electrons. The summed E-state index contributed by atoms with van der Waals surface area (Å²) in [4.78, 5) is 24.8.